The number of nitrogens with zero attached hydrogens (tertiary/aromatic N) is 7. The first-order chi connectivity index (χ1) is 16.6. The molecule has 1 aromatic heterocycles. The van der Waals surface area contributed by atoms with Crippen molar-refractivity contribution in [2.45, 2.75) is 32.2 Å². The summed E-state index contributed by atoms with van der Waals surface area (Å²) in [4.78, 5) is 30.9. The van der Waals surface area contributed by atoms with Crippen LogP contribution in [0.3, 0.4) is 0 Å². The lowest BCUT2D eigenvalue weighted by Crippen LogP contribution is -2.51. The van der Waals surface area contributed by atoms with Crippen LogP contribution in [0.5, 0.6) is 0 Å². The highest BCUT2D eigenvalue weighted by molar-refractivity contribution is 5.78. The van der Waals surface area contributed by atoms with Gasteiger partial charge in [0.05, 0.1) is 36.3 Å². The first-order valence-corrected chi connectivity index (χ1v) is 12.3. The molecule has 0 bridgehead atoms. The number of aromatic nitrogens is 2. The fourth-order valence-corrected chi connectivity index (χ4v) is 4.52. The second kappa shape index (κ2) is 11.4. The summed E-state index contributed by atoms with van der Waals surface area (Å²) < 4.78 is 0. The quantitative estimate of drug-likeness (QED) is 0.568. The van der Waals surface area contributed by atoms with Gasteiger partial charge >= 0.3 is 0 Å². The second-order valence-corrected chi connectivity index (χ2v) is 9.25. The maximum Gasteiger partial charge on any atom is 0.236 e. The van der Waals surface area contributed by atoms with Crippen molar-refractivity contribution < 1.29 is 4.79 Å². The number of amides is 1. The molecule has 1 aliphatic heterocycles. The third-order valence-corrected chi connectivity index (χ3v) is 7.16. The molecule has 180 valence electrons. The van der Waals surface area contributed by atoms with E-state index in [2.05, 4.69) is 44.7 Å². The normalized spacial score (nSPS) is 16.8. The van der Waals surface area contributed by atoms with Gasteiger partial charge in [0.2, 0.25) is 5.91 Å². The Balaban J connectivity index is 1.23. The summed E-state index contributed by atoms with van der Waals surface area (Å²) in [5.41, 5.74) is 2.37. The highest BCUT2D eigenvalue weighted by Gasteiger charge is 2.24. The standard InChI is InChI=1S/C26H35N7O/c1-3-32(14-11-30(2)23-5-4-6-23)26(34)20-31-12-15-33(16-13-31)25-19-28-24(18-29-25)22-9-7-21(17-27)8-10-22/h7-10,18-19,23H,3-6,11-16,20H2,1-2H3. The number of anilines is 1. The number of carbonyl (C=O) groups is 1. The lowest BCUT2D eigenvalue weighted by Gasteiger charge is -2.37. The number of hydrogen-bond acceptors (Lipinski definition) is 7. The van der Waals surface area contributed by atoms with Crippen molar-refractivity contribution in [3.8, 4) is 17.3 Å². The van der Waals surface area contributed by atoms with Crippen LogP contribution in [0.4, 0.5) is 5.82 Å². The average Bonchev–Trinajstić information content (AvgIpc) is 2.84. The van der Waals surface area contributed by atoms with E-state index >= 15 is 0 Å². The molecule has 8 nitrogen and oxygen atoms in total. The zero-order chi connectivity index (χ0) is 23.9. The Labute approximate surface area is 202 Å². The molecule has 0 unspecified atom stereocenters. The first kappa shape index (κ1) is 24.1. The monoisotopic (exact) mass is 461 g/mol. The van der Waals surface area contributed by atoms with Gasteiger partial charge in [-0.25, -0.2) is 4.98 Å². The van der Waals surface area contributed by atoms with Gasteiger partial charge < -0.3 is 14.7 Å². The van der Waals surface area contributed by atoms with Crippen molar-refractivity contribution in [2.24, 2.45) is 0 Å². The Morgan fingerprint density at radius 3 is 2.38 bits per heavy atom. The molecule has 8 heteroatoms. The fourth-order valence-electron chi connectivity index (χ4n) is 4.52. The van der Waals surface area contributed by atoms with E-state index in [0.29, 0.717) is 18.2 Å². The zero-order valence-electron chi connectivity index (χ0n) is 20.4. The molecule has 0 atom stereocenters. The van der Waals surface area contributed by atoms with Gasteiger partial charge in [0.1, 0.15) is 5.82 Å². The molecule has 1 saturated heterocycles. The number of likely N-dealkylation sites (N-methyl/N-ethyl adjacent to an activating group) is 2. The second-order valence-electron chi connectivity index (χ2n) is 9.25. The van der Waals surface area contributed by atoms with Crippen molar-refractivity contribution in [1.29, 1.82) is 5.26 Å². The van der Waals surface area contributed by atoms with E-state index in [9.17, 15) is 4.79 Å². The van der Waals surface area contributed by atoms with Crippen LogP contribution in [0.15, 0.2) is 36.7 Å². The third-order valence-electron chi connectivity index (χ3n) is 7.16. The smallest absolute Gasteiger partial charge is 0.236 e. The zero-order valence-corrected chi connectivity index (χ0v) is 20.4. The van der Waals surface area contributed by atoms with Crippen molar-refractivity contribution in [1.82, 2.24) is 24.7 Å². The minimum absolute atomic E-state index is 0.226. The molecule has 1 aromatic carbocycles. The molecular weight excluding hydrogens is 426 g/mol. The Kier molecular flexibility index (Phi) is 8.09. The molecule has 2 heterocycles. The maximum atomic E-state index is 12.9. The van der Waals surface area contributed by atoms with Gasteiger partial charge in [-0.15, -0.1) is 0 Å². The van der Waals surface area contributed by atoms with Crippen molar-refractivity contribution >= 4 is 11.7 Å². The van der Waals surface area contributed by atoms with E-state index < -0.39 is 0 Å². The molecular formula is C26H35N7O. The summed E-state index contributed by atoms with van der Waals surface area (Å²) >= 11 is 0. The number of piperazine rings is 1. The minimum atomic E-state index is 0.226. The summed E-state index contributed by atoms with van der Waals surface area (Å²) in [7, 11) is 2.18. The van der Waals surface area contributed by atoms with Crippen LogP contribution < -0.4 is 4.90 Å². The topological polar surface area (TPSA) is 79.6 Å². The summed E-state index contributed by atoms with van der Waals surface area (Å²) in [5.74, 6) is 1.09. The maximum absolute atomic E-state index is 12.9. The van der Waals surface area contributed by atoms with E-state index in [4.69, 9.17) is 5.26 Å². The summed E-state index contributed by atoms with van der Waals surface area (Å²) in [6, 6.07) is 10.2. The van der Waals surface area contributed by atoms with Gasteiger partial charge in [0.15, 0.2) is 0 Å². The molecule has 34 heavy (non-hydrogen) atoms. The van der Waals surface area contributed by atoms with Crippen LogP contribution in [-0.2, 0) is 4.79 Å². The van der Waals surface area contributed by atoms with Crippen LogP contribution >= 0.6 is 0 Å². The predicted molar refractivity (Wildman–Crippen MR) is 133 cm³/mol. The predicted octanol–water partition coefficient (Wildman–Crippen LogP) is 2.47. The number of rotatable bonds is 9. The largest absolute Gasteiger partial charge is 0.353 e. The number of hydrogen-bond donors (Lipinski definition) is 0. The van der Waals surface area contributed by atoms with Crippen LogP contribution in [0, 0.1) is 11.3 Å². The van der Waals surface area contributed by atoms with E-state index in [-0.39, 0.29) is 5.91 Å². The fraction of sp³-hybridized carbons (Fsp3) is 0.538. The highest BCUT2D eigenvalue weighted by Crippen LogP contribution is 2.23. The summed E-state index contributed by atoms with van der Waals surface area (Å²) in [5, 5.41) is 8.95. The van der Waals surface area contributed by atoms with Crippen LogP contribution in [0.25, 0.3) is 11.3 Å². The van der Waals surface area contributed by atoms with Gasteiger partial charge in [-0.3, -0.25) is 14.7 Å². The molecule has 2 fully saturated rings. The van der Waals surface area contributed by atoms with E-state index in [0.717, 1.165) is 62.9 Å². The summed E-state index contributed by atoms with van der Waals surface area (Å²) in [6.07, 6.45) is 7.52. The lowest BCUT2D eigenvalue weighted by molar-refractivity contribution is -0.132. The molecule has 0 N–H and O–H groups in total. The molecule has 4 rings (SSSR count). The number of carbonyl (C=O) groups excluding carboxylic acids is 1. The van der Waals surface area contributed by atoms with Crippen molar-refractivity contribution in [2.75, 3.05) is 64.3 Å². The Bertz CT molecular complexity index is 974. The molecule has 1 aliphatic carbocycles. The van der Waals surface area contributed by atoms with Gasteiger partial charge in [-0.1, -0.05) is 18.6 Å². The van der Waals surface area contributed by atoms with Crippen molar-refractivity contribution in [3.63, 3.8) is 0 Å². The average molecular weight is 462 g/mol. The van der Waals surface area contributed by atoms with Crippen LogP contribution in [0.1, 0.15) is 31.7 Å². The van der Waals surface area contributed by atoms with Gasteiger partial charge in [-0.2, -0.15) is 5.26 Å². The molecule has 2 aliphatic rings. The van der Waals surface area contributed by atoms with Crippen LogP contribution in [-0.4, -0.2) is 96.0 Å². The lowest BCUT2D eigenvalue weighted by atomic mass is 9.92. The Morgan fingerprint density at radius 1 is 1.09 bits per heavy atom. The first-order valence-electron chi connectivity index (χ1n) is 12.3. The van der Waals surface area contributed by atoms with Gasteiger partial charge in [0.25, 0.3) is 0 Å². The SMILES string of the molecule is CCN(CCN(C)C1CCC1)C(=O)CN1CCN(c2cnc(-c3ccc(C#N)cc3)cn2)CC1. The van der Waals surface area contributed by atoms with E-state index in [1.54, 1.807) is 18.3 Å². The van der Waals surface area contributed by atoms with E-state index in [1.165, 1.54) is 19.3 Å². The Morgan fingerprint density at radius 2 is 1.82 bits per heavy atom. The molecule has 2 aromatic rings. The van der Waals surface area contributed by atoms with Gasteiger partial charge in [0, 0.05) is 57.4 Å². The number of nitriles is 1. The molecule has 0 spiro atoms. The summed E-state index contributed by atoms with van der Waals surface area (Å²) in [6.45, 7) is 8.41. The molecule has 1 saturated carbocycles. The third kappa shape index (κ3) is 5.91. The molecule has 0 radical (unpaired) electrons. The molecule has 1 amide bonds. The van der Waals surface area contributed by atoms with Crippen molar-refractivity contribution in [3.05, 3.63) is 42.2 Å². The highest BCUT2D eigenvalue weighted by atomic mass is 16.2. The Hall–Kier alpha value is -3.02. The van der Waals surface area contributed by atoms with E-state index in [1.807, 2.05) is 23.2 Å². The van der Waals surface area contributed by atoms with Crippen LogP contribution in [0.2, 0.25) is 0 Å². The minimum Gasteiger partial charge on any atom is -0.353 e. The van der Waals surface area contributed by atoms with Gasteiger partial charge in [-0.05, 0) is 38.9 Å². The number of benzene rings is 1.